The second-order valence-corrected chi connectivity index (χ2v) is 5.66. The minimum Gasteiger partial charge on any atom is -0.452 e. The first-order chi connectivity index (χ1) is 11.3. The minimum absolute atomic E-state index is 0.0478. The molecule has 2 rings (SSSR count). The highest BCUT2D eigenvalue weighted by molar-refractivity contribution is 5.97. The number of nitro benzene ring substituents is 1. The van der Waals surface area contributed by atoms with Gasteiger partial charge < -0.3 is 20.1 Å². The van der Waals surface area contributed by atoms with Crippen LogP contribution in [-0.4, -0.2) is 53.6 Å². The summed E-state index contributed by atoms with van der Waals surface area (Å²) in [4.78, 5) is 35.9. The Morgan fingerprint density at radius 1 is 1.38 bits per heavy atom. The topological polar surface area (TPSA) is 125 Å². The van der Waals surface area contributed by atoms with Crippen LogP contribution in [0.2, 0.25) is 0 Å². The van der Waals surface area contributed by atoms with Gasteiger partial charge in [-0.1, -0.05) is 0 Å². The molecule has 0 unspecified atom stereocenters. The number of hydrogen-bond acceptors (Lipinski definition) is 7. The average molecular weight is 337 g/mol. The van der Waals surface area contributed by atoms with Crippen molar-refractivity contribution in [1.82, 2.24) is 4.90 Å². The van der Waals surface area contributed by atoms with Crippen LogP contribution >= 0.6 is 0 Å². The van der Waals surface area contributed by atoms with Gasteiger partial charge in [0.15, 0.2) is 6.61 Å². The zero-order valence-electron chi connectivity index (χ0n) is 13.4. The number of nitrogens with zero attached hydrogens (tertiary/aromatic N) is 2. The van der Waals surface area contributed by atoms with Gasteiger partial charge in [-0.3, -0.25) is 14.9 Å². The van der Waals surface area contributed by atoms with Gasteiger partial charge in [0.05, 0.1) is 22.7 Å². The lowest BCUT2D eigenvalue weighted by Gasteiger charge is -2.35. The van der Waals surface area contributed by atoms with Crippen molar-refractivity contribution in [1.29, 1.82) is 0 Å². The molecule has 9 nitrogen and oxygen atoms in total. The van der Waals surface area contributed by atoms with Gasteiger partial charge in [0.2, 0.25) is 0 Å². The van der Waals surface area contributed by atoms with Crippen molar-refractivity contribution in [2.24, 2.45) is 0 Å². The van der Waals surface area contributed by atoms with Crippen molar-refractivity contribution in [3.8, 4) is 0 Å². The minimum atomic E-state index is -0.876. The van der Waals surface area contributed by atoms with Gasteiger partial charge in [0.25, 0.3) is 11.6 Å². The third kappa shape index (κ3) is 4.19. The van der Waals surface area contributed by atoms with Crippen LogP contribution in [0.4, 0.5) is 11.4 Å². The van der Waals surface area contributed by atoms with Gasteiger partial charge in [-0.15, -0.1) is 0 Å². The molecular formula is C15H19N3O6. The van der Waals surface area contributed by atoms with E-state index in [9.17, 15) is 19.7 Å². The summed E-state index contributed by atoms with van der Waals surface area (Å²) < 4.78 is 10.5. The Labute approximate surface area is 138 Å². The summed E-state index contributed by atoms with van der Waals surface area (Å²) in [6, 6.07) is 3.47. The van der Waals surface area contributed by atoms with Gasteiger partial charge in [-0.2, -0.15) is 0 Å². The molecule has 1 aliphatic rings. The van der Waals surface area contributed by atoms with E-state index in [-0.39, 0.29) is 35.1 Å². The van der Waals surface area contributed by atoms with Crippen LogP contribution in [0, 0.1) is 10.1 Å². The molecule has 1 aromatic rings. The second-order valence-electron chi connectivity index (χ2n) is 5.66. The number of amides is 1. The number of carbonyl (C=O) groups is 2. The maximum absolute atomic E-state index is 12.1. The summed E-state index contributed by atoms with van der Waals surface area (Å²) >= 11 is 0. The Morgan fingerprint density at radius 2 is 2.00 bits per heavy atom. The maximum atomic E-state index is 12.1. The van der Waals surface area contributed by atoms with Crippen LogP contribution < -0.4 is 5.73 Å². The molecule has 1 fully saturated rings. The molecule has 1 aromatic carbocycles. The van der Waals surface area contributed by atoms with Crippen molar-refractivity contribution < 1.29 is 24.0 Å². The predicted molar refractivity (Wildman–Crippen MR) is 84.4 cm³/mol. The van der Waals surface area contributed by atoms with Gasteiger partial charge in [0.1, 0.15) is 0 Å². The molecule has 1 saturated heterocycles. The number of benzene rings is 1. The first-order valence-corrected chi connectivity index (χ1v) is 7.42. The van der Waals surface area contributed by atoms with Gasteiger partial charge in [-0.05, 0) is 19.9 Å². The summed E-state index contributed by atoms with van der Waals surface area (Å²) in [6.45, 7) is 4.08. The second kappa shape index (κ2) is 7.26. The standard InChI is InChI=1S/C15H19N3O6/c1-9-6-17(7-10(2)24-9)14(19)8-23-15(20)12-5-11(18(21)22)3-4-13(12)16/h3-5,9-10H,6-8,16H2,1-2H3/t9-,10-/m1/s1. The summed E-state index contributed by atoms with van der Waals surface area (Å²) in [5, 5.41) is 10.8. The number of esters is 1. The smallest absolute Gasteiger partial charge is 0.341 e. The molecule has 0 saturated carbocycles. The van der Waals surface area contributed by atoms with Crippen LogP contribution in [0.3, 0.4) is 0 Å². The van der Waals surface area contributed by atoms with Gasteiger partial charge >= 0.3 is 5.97 Å². The van der Waals surface area contributed by atoms with E-state index < -0.39 is 17.5 Å². The van der Waals surface area contributed by atoms with Crippen molar-refractivity contribution in [3.63, 3.8) is 0 Å². The first kappa shape index (κ1) is 17.7. The third-order valence-corrected chi connectivity index (χ3v) is 3.57. The van der Waals surface area contributed by atoms with E-state index in [1.54, 1.807) is 4.90 Å². The Kier molecular flexibility index (Phi) is 5.35. The van der Waals surface area contributed by atoms with Gasteiger partial charge in [-0.25, -0.2) is 4.79 Å². The van der Waals surface area contributed by atoms with Crippen LogP contribution in [0.25, 0.3) is 0 Å². The number of nitrogen functional groups attached to an aromatic ring is 1. The van der Waals surface area contributed by atoms with Crippen molar-refractivity contribution in [2.45, 2.75) is 26.1 Å². The fourth-order valence-corrected chi connectivity index (χ4v) is 2.51. The largest absolute Gasteiger partial charge is 0.452 e. The lowest BCUT2D eigenvalue weighted by atomic mass is 10.1. The number of nitro groups is 1. The highest BCUT2D eigenvalue weighted by Crippen LogP contribution is 2.20. The van der Waals surface area contributed by atoms with E-state index >= 15 is 0 Å². The number of non-ortho nitro benzene ring substituents is 1. The molecule has 9 heteroatoms. The zero-order valence-corrected chi connectivity index (χ0v) is 13.4. The molecule has 0 spiro atoms. The molecule has 2 atom stereocenters. The number of rotatable bonds is 4. The number of anilines is 1. The fraction of sp³-hybridized carbons (Fsp3) is 0.467. The lowest BCUT2D eigenvalue weighted by Crippen LogP contribution is -2.49. The van der Waals surface area contributed by atoms with Gasteiger partial charge in [0, 0.05) is 30.9 Å². The molecule has 1 aliphatic heterocycles. The van der Waals surface area contributed by atoms with Crippen molar-refractivity contribution in [3.05, 3.63) is 33.9 Å². The Morgan fingerprint density at radius 3 is 2.58 bits per heavy atom. The van der Waals surface area contributed by atoms with E-state index in [1.165, 1.54) is 12.1 Å². The maximum Gasteiger partial charge on any atom is 0.341 e. The van der Waals surface area contributed by atoms with Crippen LogP contribution in [0.5, 0.6) is 0 Å². The monoisotopic (exact) mass is 337 g/mol. The van der Waals surface area contributed by atoms with E-state index in [1.807, 2.05) is 13.8 Å². The lowest BCUT2D eigenvalue weighted by molar-refractivity contribution is -0.384. The quantitative estimate of drug-likeness (QED) is 0.375. The van der Waals surface area contributed by atoms with Crippen molar-refractivity contribution in [2.75, 3.05) is 25.4 Å². The van der Waals surface area contributed by atoms with E-state index in [2.05, 4.69) is 0 Å². The molecule has 0 radical (unpaired) electrons. The molecule has 0 aromatic heterocycles. The highest BCUT2D eigenvalue weighted by Gasteiger charge is 2.27. The van der Waals surface area contributed by atoms with E-state index in [0.29, 0.717) is 13.1 Å². The van der Waals surface area contributed by atoms with E-state index in [4.69, 9.17) is 15.2 Å². The van der Waals surface area contributed by atoms with Crippen LogP contribution in [-0.2, 0) is 14.3 Å². The third-order valence-electron chi connectivity index (χ3n) is 3.57. The number of ether oxygens (including phenoxy) is 2. The SMILES string of the molecule is C[C@@H]1CN(C(=O)COC(=O)c2cc([N+](=O)[O-])ccc2N)C[C@@H](C)O1. The normalized spacial score (nSPS) is 20.5. The van der Waals surface area contributed by atoms with Crippen LogP contribution in [0.15, 0.2) is 18.2 Å². The number of nitrogens with two attached hydrogens (primary N) is 1. The molecule has 0 bridgehead atoms. The average Bonchev–Trinajstić information content (AvgIpc) is 2.51. The number of morpholine rings is 1. The summed E-state index contributed by atoms with van der Waals surface area (Å²) in [5.41, 5.74) is 5.27. The van der Waals surface area contributed by atoms with Crippen LogP contribution in [0.1, 0.15) is 24.2 Å². The summed E-state index contributed by atoms with van der Waals surface area (Å²) in [6.07, 6.45) is -0.193. The molecular weight excluding hydrogens is 318 g/mol. The van der Waals surface area contributed by atoms with E-state index in [0.717, 1.165) is 6.07 Å². The molecule has 1 heterocycles. The van der Waals surface area contributed by atoms with Crippen molar-refractivity contribution >= 4 is 23.3 Å². The molecule has 24 heavy (non-hydrogen) atoms. The molecule has 130 valence electrons. The number of carbonyl (C=O) groups excluding carboxylic acids is 2. The molecule has 2 N–H and O–H groups in total. The predicted octanol–water partition coefficient (Wildman–Crippen LogP) is 0.970. The molecule has 1 amide bonds. The summed E-state index contributed by atoms with van der Waals surface area (Å²) in [5.74, 6) is -1.23. The number of hydrogen-bond donors (Lipinski definition) is 1. The fourth-order valence-electron chi connectivity index (χ4n) is 2.51. The first-order valence-electron chi connectivity index (χ1n) is 7.42. The summed E-state index contributed by atoms with van der Waals surface area (Å²) in [7, 11) is 0. The Bertz CT molecular complexity index is 653. The zero-order chi connectivity index (χ0) is 17.9. The Balaban J connectivity index is 1.99. The Hall–Kier alpha value is -2.68. The molecule has 0 aliphatic carbocycles. The highest BCUT2D eigenvalue weighted by atomic mass is 16.6.